The maximum absolute atomic E-state index is 13.3. The first-order chi connectivity index (χ1) is 9.58. The van der Waals surface area contributed by atoms with Crippen molar-refractivity contribution in [2.75, 3.05) is 0 Å². The van der Waals surface area contributed by atoms with E-state index in [1.165, 1.54) is 12.3 Å². The van der Waals surface area contributed by atoms with Crippen molar-refractivity contribution in [3.63, 3.8) is 0 Å². The third-order valence-corrected chi connectivity index (χ3v) is 2.48. The number of hydrogen-bond donors (Lipinski definition) is 2. The van der Waals surface area contributed by atoms with Crippen molar-refractivity contribution in [1.29, 1.82) is 0 Å². The molecule has 102 valence electrons. The van der Waals surface area contributed by atoms with Crippen molar-refractivity contribution in [1.82, 2.24) is 5.43 Å². The molecule has 4 nitrogen and oxygen atoms in total. The van der Waals surface area contributed by atoms with Crippen molar-refractivity contribution >= 4 is 12.1 Å². The van der Waals surface area contributed by atoms with Crippen molar-refractivity contribution in [2.24, 2.45) is 5.10 Å². The number of phenolic OH excluding ortho intramolecular Hbond substituents is 1. The summed E-state index contributed by atoms with van der Waals surface area (Å²) in [4.78, 5) is 11.6. The molecule has 2 N–H and O–H groups in total. The van der Waals surface area contributed by atoms with Crippen LogP contribution in [0.15, 0.2) is 47.6 Å². The van der Waals surface area contributed by atoms with Gasteiger partial charge in [0.2, 0.25) is 0 Å². The standard InChI is InChI=1S/C14H10F2N2O2/c15-10-5-6-12(16)11(7-10)14(20)18-17-8-9-3-1-2-4-13(9)19/h1-8,19H,(H,18,20). The van der Waals surface area contributed by atoms with E-state index in [1.807, 2.05) is 0 Å². The topological polar surface area (TPSA) is 61.7 Å². The molecule has 2 aromatic carbocycles. The SMILES string of the molecule is O=C(NN=Cc1ccccc1O)c1cc(F)ccc1F. The van der Waals surface area contributed by atoms with E-state index in [9.17, 15) is 18.7 Å². The number of hydrazone groups is 1. The number of carbonyl (C=O) groups is 1. The number of halogens is 2. The highest BCUT2D eigenvalue weighted by molar-refractivity contribution is 5.95. The van der Waals surface area contributed by atoms with Gasteiger partial charge in [-0.05, 0) is 30.3 Å². The number of phenols is 1. The molecular weight excluding hydrogens is 266 g/mol. The van der Waals surface area contributed by atoms with Gasteiger partial charge in [-0.25, -0.2) is 14.2 Å². The van der Waals surface area contributed by atoms with Crippen LogP contribution in [0.1, 0.15) is 15.9 Å². The molecule has 0 saturated carbocycles. The summed E-state index contributed by atoms with van der Waals surface area (Å²) in [6.07, 6.45) is 1.20. The van der Waals surface area contributed by atoms with Crippen LogP contribution in [0.3, 0.4) is 0 Å². The van der Waals surface area contributed by atoms with Crippen LogP contribution in [0.25, 0.3) is 0 Å². The predicted molar refractivity (Wildman–Crippen MR) is 69.5 cm³/mol. The molecule has 0 heterocycles. The monoisotopic (exact) mass is 276 g/mol. The number of nitrogens with zero attached hydrogens (tertiary/aromatic N) is 1. The number of aromatic hydroxyl groups is 1. The summed E-state index contributed by atoms with van der Waals surface area (Å²) in [5.41, 5.74) is 1.99. The van der Waals surface area contributed by atoms with E-state index in [1.54, 1.807) is 18.2 Å². The number of amides is 1. The first kappa shape index (κ1) is 13.7. The maximum atomic E-state index is 13.3. The molecule has 2 rings (SSSR count). The molecule has 6 heteroatoms. The van der Waals surface area contributed by atoms with Gasteiger partial charge in [-0.2, -0.15) is 5.10 Å². The van der Waals surface area contributed by atoms with Crippen LogP contribution in [0.5, 0.6) is 5.75 Å². The zero-order valence-corrected chi connectivity index (χ0v) is 10.2. The second-order valence-electron chi connectivity index (χ2n) is 3.88. The van der Waals surface area contributed by atoms with Crippen molar-refractivity contribution in [3.05, 3.63) is 65.2 Å². The predicted octanol–water partition coefficient (Wildman–Crippen LogP) is 2.43. The molecule has 0 aromatic heterocycles. The van der Waals surface area contributed by atoms with Gasteiger partial charge in [0, 0.05) is 5.56 Å². The van der Waals surface area contributed by atoms with Gasteiger partial charge >= 0.3 is 0 Å². The van der Waals surface area contributed by atoms with Gasteiger partial charge in [-0.15, -0.1) is 0 Å². The lowest BCUT2D eigenvalue weighted by atomic mass is 10.2. The van der Waals surface area contributed by atoms with Crippen molar-refractivity contribution in [3.8, 4) is 5.75 Å². The van der Waals surface area contributed by atoms with Crippen LogP contribution in [-0.2, 0) is 0 Å². The summed E-state index contributed by atoms with van der Waals surface area (Å²) in [5, 5.41) is 13.0. The smallest absolute Gasteiger partial charge is 0.274 e. The first-order valence-electron chi connectivity index (χ1n) is 5.64. The second kappa shape index (κ2) is 5.92. The maximum Gasteiger partial charge on any atom is 0.274 e. The van der Waals surface area contributed by atoms with Gasteiger partial charge in [0.25, 0.3) is 5.91 Å². The van der Waals surface area contributed by atoms with Crippen molar-refractivity contribution < 1.29 is 18.7 Å². The fraction of sp³-hybridized carbons (Fsp3) is 0. The minimum Gasteiger partial charge on any atom is -0.507 e. The zero-order chi connectivity index (χ0) is 14.5. The number of nitrogens with one attached hydrogen (secondary N) is 1. The molecule has 0 aliphatic rings. The van der Waals surface area contributed by atoms with E-state index in [4.69, 9.17) is 0 Å². The molecule has 0 spiro atoms. The molecule has 1 amide bonds. The number of benzene rings is 2. The van der Waals surface area contributed by atoms with Crippen LogP contribution < -0.4 is 5.43 Å². The third kappa shape index (κ3) is 3.17. The summed E-state index contributed by atoms with van der Waals surface area (Å²) < 4.78 is 26.2. The number of para-hydroxylation sites is 1. The highest BCUT2D eigenvalue weighted by Gasteiger charge is 2.11. The van der Waals surface area contributed by atoms with E-state index < -0.39 is 23.1 Å². The van der Waals surface area contributed by atoms with Gasteiger partial charge in [-0.3, -0.25) is 4.79 Å². The van der Waals surface area contributed by atoms with E-state index in [0.29, 0.717) is 5.56 Å². The zero-order valence-electron chi connectivity index (χ0n) is 10.2. The van der Waals surface area contributed by atoms with Gasteiger partial charge in [0.1, 0.15) is 17.4 Å². The van der Waals surface area contributed by atoms with Gasteiger partial charge < -0.3 is 5.11 Å². The third-order valence-electron chi connectivity index (χ3n) is 2.48. The summed E-state index contributed by atoms with van der Waals surface area (Å²) in [6.45, 7) is 0. The van der Waals surface area contributed by atoms with Crippen LogP contribution >= 0.6 is 0 Å². The van der Waals surface area contributed by atoms with Crippen LogP contribution in [-0.4, -0.2) is 17.2 Å². The normalized spacial score (nSPS) is 10.7. The minimum atomic E-state index is -0.881. The first-order valence-corrected chi connectivity index (χ1v) is 5.64. The number of rotatable bonds is 3. The summed E-state index contributed by atoms with van der Waals surface area (Å²) in [6, 6.07) is 8.89. The quantitative estimate of drug-likeness (QED) is 0.668. The molecule has 0 unspecified atom stereocenters. The Morgan fingerprint density at radius 1 is 1.20 bits per heavy atom. The molecule has 0 atom stereocenters. The molecule has 20 heavy (non-hydrogen) atoms. The Labute approximate surface area is 113 Å². The molecule has 0 bridgehead atoms. The van der Waals surface area contributed by atoms with Gasteiger partial charge in [0.15, 0.2) is 0 Å². The highest BCUT2D eigenvalue weighted by atomic mass is 19.1. The van der Waals surface area contributed by atoms with Crippen LogP contribution in [0.4, 0.5) is 8.78 Å². The Hall–Kier alpha value is -2.76. The average Bonchev–Trinajstić information content (AvgIpc) is 2.43. The average molecular weight is 276 g/mol. The lowest BCUT2D eigenvalue weighted by Crippen LogP contribution is -2.19. The largest absolute Gasteiger partial charge is 0.507 e. The fourth-order valence-corrected chi connectivity index (χ4v) is 1.49. The fourth-order valence-electron chi connectivity index (χ4n) is 1.49. The molecule has 0 fully saturated rings. The Balaban J connectivity index is 2.09. The molecule has 2 aromatic rings. The summed E-state index contributed by atoms with van der Waals surface area (Å²) in [5.74, 6) is -2.46. The Morgan fingerprint density at radius 3 is 2.70 bits per heavy atom. The second-order valence-corrected chi connectivity index (χ2v) is 3.88. The lowest BCUT2D eigenvalue weighted by molar-refractivity contribution is 0.0950. The van der Waals surface area contributed by atoms with Gasteiger partial charge in [-0.1, -0.05) is 12.1 Å². The summed E-state index contributed by atoms with van der Waals surface area (Å²) >= 11 is 0. The van der Waals surface area contributed by atoms with E-state index in [0.717, 1.165) is 18.2 Å². The Bertz CT molecular complexity index is 672. The van der Waals surface area contributed by atoms with Crippen molar-refractivity contribution in [2.45, 2.75) is 0 Å². The molecule has 0 aliphatic carbocycles. The lowest BCUT2D eigenvalue weighted by Gasteiger charge is -2.02. The molecule has 0 aliphatic heterocycles. The van der Waals surface area contributed by atoms with E-state index >= 15 is 0 Å². The molecule has 0 radical (unpaired) electrons. The molecule has 0 saturated heterocycles. The van der Waals surface area contributed by atoms with Crippen LogP contribution in [0.2, 0.25) is 0 Å². The van der Waals surface area contributed by atoms with Crippen LogP contribution in [0, 0.1) is 11.6 Å². The highest BCUT2D eigenvalue weighted by Crippen LogP contribution is 2.13. The number of carbonyl (C=O) groups excluding carboxylic acids is 1. The van der Waals surface area contributed by atoms with Gasteiger partial charge in [0.05, 0.1) is 11.8 Å². The minimum absolute atomic E-state index is 0.0116. The Kier molecular flexibility index (Phi) is 4.05. The van der Waals surface area contributed by atoms with E-state index in [-0.39, 0.29) is 5.75 Å². The van der Waals surface area contributed by atoms with E-state index in [2.05, 4.69) is 10.5 Å². The molecular formula is C14H10F2N2O2. The Morgan fingerprint density at radius 2 is 1.95 bits per heavy atom. The number of hydrogen-bond acceptors (Lipinski definition) is 3. The summed E-state index contributed by atoms with van der Waals surface area (Å²) in [7, 11) is 0.